The fraction of sp³-hybridized carbons (Fsp3) is 0.364. The Bertz CT molecular complexity index is 1340. The first-order valence-electron chi connectivity index (χ1n) is 10.7. The van der Waals surface area contributed by atoms with Crippen molar-refractivity contribution in [1.29, 1.82) is 0 Å². The number of methoxy groups -OCH3 is 1. The first-order valence-corrected chi connectivity index (χ1v) is 11.1. The van der Waals surface area contributed by atoms with Gasteiger partial charge in [0, 0.05) is 19.6 Å². The van der Waals surface area contributed by atoms with Crippen LogP contribution in [0.4, 0.5) is 20.2 Å². The van der Waals surface area contributed by atoms with E-state index >= 15 is 0 Å². The average Bonchev–Trinajstić information content (AvgIpc) is 3.43. The number of anilines is 2. The largest absolute Gasteiger partial charge is 0.494 e. The molecule has 1 fully saturated rings. The second kappa shape index (κ2) is 9.15. The number of para-hydroxylation sites is 1. The predicted molar refractivity (Wildman–Crippen MR) is 121 cm³/mol. The molecule has 1 aliphatic rings. The van der Waals surface area contributed by atoms with E-state index in [2.05, 4.69) is 25.4 Å². The van der Waals surface area contributed by atoms with Crippen LogP contribution in [0.25, 0.3) is 22.6 Å². The number of hydrogen-bond donors (Lipinski definition) is 1. The van der Waals surface area contributed by atoms with Crippen molar-refractivity contribution in [2.24, 2.45) is 0 Å². The molecule has 0 saturated carbocycles. The van der Waals surface area contributed by atoms with Crippen LogP contribution in [0.3, 0.4) is 0 Å². The van der Waals surface area contributed by atoms with Crippen molar-refractivity contribution in [3.63, 3.8) is 0 Å². The number of nitrogens with one attached hydrogen (secondary N) is 1. The van der Waals surface area contributed by atoms with Crippen molar-refractivity contribution in [3.05, 3.63) is 41.1 Å². The molecule has 4 heterocycles. The molecule has 5 rings (SSSR count). The standard InChI is InChI=1S/C22H21ClF2N6O3/c1-11-26-20(30-34-11)12-6-5-7-13(18(12)32-2)27-14-10-15(23)28-21-17(14)29-22(19(24)25)31(21)16-8-3-4-9-33-16/h5-7,10,16,19H,3-4,8-9H2,1-2H3,(H,27,28). The Hall–Kier alpha value is -3.31. The van der Waals surface area contributed by atoms with Gasteiger partial charge >= 0.3 is 0 Å². The summed E-state index contributed by atoms with van der Waals surface area (Å²) < 4.78 is 45.8. The number of nitrogens with zero attached hydrogens (tertiary/aromatic N) is 5. The van der Waals surface area contributed by atoms with Gasteiger partial charge in [0.1, 0.15) is 16.9 Å². The van der Waals surface area contributed by atoms with Crippen LogP contribution >= 0.6 is 11.6 Å². The molecule has 0 spiro atoms. The van der Waals surface area contributed by atoms with Crippen molar-refractivity contribution in [2.45, 2.75) is 38.8 Å². The second-order valence-electron chi connectivity index (χ2n) is 7.78. The smallest absolute Gasteiger partial charge is 0.295 e. The lowest BCUT2D eigenvalue weighted by Crippen LogP contribution is -2.20. The summed E-state index contributed by atoms with van der Waals surface area (Å²) in [6, 6.07) is 6.87. The number of halogens is 3. The Morgan fingerprint density at radius 1 is 1.21 bits per heavy atom. The third-order valence-corrected chi connectivity index (χ3v) is 5.73. The van der Waals surface area contributed by atoms with Gasteiger partial charge in [-0.1, -0.05) is 22.8 Å². The molecular formula is C22H21ClF2N6O3. The number of ether oxygens (including phenoxy) is 2. The third-order valence-electron chi connectivity index (χ3n) is 5.54. The average molecular weight is 491 g/mol. The highest BCUT2D eigenvalue weighted by atomic mass is 35.5. The molecule has 0 radical (unpaired) electrons. The molecule has 0 bridgehead atoms. The highest BCUT2D eigenvalue weighted by Gasteiger charge is 2.29. The number of imidazole rings is 1. The van der Waals surface area contributed by atoms with Crippen LogP contribution in [0.2, 0.25) is 5.15 Å². The topological polar surface area (TPSA) is 100 Å². The lowest BCUT2D eigenvalue weighted by molar-refractivity contribution is -0.0363. The summed E-state index contributed by atoms with van der Waals surface area (Å²) in [6.07, 6.45) is -1.07. The fourth-order valence-electron chi connectivity index (χ4n) is 4.10. The predicted octanol–water partition coefficient (Wildman–Crippen LogP) is 5.83. The minimum Gasteiger partial charge on any atom is -0.494 e. The Morgan fingerprint density at radius 2 is 2.06 bits per heavy atom. The molecular weight excluding hydrogens is 470 g/mol. The Morgan fingerprint density at radius 3 is 2.74 bits per heavy atom. The van der Waals surface area contributed by atoms with Crippen LogP contribution < -0.4 is 10.1 Å². The van der Waals surface area contributed by atoms with Gasteiger partial charge in [-0.2, -0.15) is 4.98 Å². The summed E-state index contributed by atoms with van der Waals surface area (Å²) in [5.74, 6) is 0.791. The molecule has 1 aliphatic heterocycles. The molecule has 1 atom stereocenters. The molecule has 3 aromatic heterocycles. The van der Waals surface area contributed by atoms with E-state index in [9.17, 15) is 8.78 Å². The number of aromatic nitrogens is 5. The molecule has 178 valence electrons. The van der Waals surface area contributed by atoms with Crippen LogP contribution in [0, 0.1) is 6.92 Å². The van der Waals surface area contributed by atoms with Crippen LogP contribution in [0.1, 0.15) is 43.6 Å². The minimum atomic E-state index is -2.81. The van der Waals surface area contributed by atoms with E-state index in [1.54, 1.807) is 25.1 Å². The first kappa shape index (κ1) is 22.5. The number of aryl methyl sites for hydroxylation is 1. The molecule has 1 unspecified atom stereocenters. The normalized spacial score (nSPS) is 16.4. The number of pyridine rings is 1. The fourth-order valence-corrected chi connectivity index (χ4v) is 4.28. The third kappa shape index (κ3) is 4.05. The zero-order valence-corrected chi connectivity index (χ0v) is 19.1. The summed E-state index contributed by atoms with van der Waals surface area (Å²) in [6.45, 7) is 2.17. The molecule has 0 aliphatic carbocycles. The van der Waals surface area contributed by atoms with Crippen molar-refractivity contribution < 1.29 is 22.8 Å². The maximum atomic E-state index is 14.0. The summed E-state index contributed by atoms with van der Waals surface area (Å²) in [4.78, 5) is 12.8. The lowest BCUT2D eigenvalue weighted by atomic mass is 10.1. The summed E-state index contributed by atoms with van der Waals surface area (Å²) in [7, 11) is 1.51. The van der Waals surface area contributed by atoms with E-state index in [1.165, 1.54) is 17.7 Å². The van der Waals surface area contributed by atoms with Gasteiger partial charge in [0.15, 0.2) is 17.2 Å². The zero-order chi connectivity index (χ0) is 23.8. The Labute approximate surface area is 198 Å². The van der Waals surface area contributed by atoms with Gasteiger partial charge in [-0.05, 0) is 31.4 Å². The molecule has 12 heteroatoms. The van der Waals surface area contributed by atoms with Gasteiger partial charge in [-0.3, -0.25) is 4.57 Å². The van der Waals surface area contributed by atoms with Gasteiger partial charge in [0.05, 0.1) is 24.0 Å². The maximum absolute atomic E-state index is 14.0. The van der Waals surface area contributed by atoms with E-state index in [0.717, 1.165) is 12.8 Å². The van der Waals surface area contributed by atoms with E-state index in [0.29, 0.717) is 47.4 Å². The maximum Gasteiger partial charge on any atom is 0.295 e. The number of alkyl halides is 2. The Kier molecular flexibility index (Phi) is 6.05. The van der Waals surface area contributed by atoms with Crippen molar-refractivity contribution in [1.82, 2.24) is 24.7 Å². The number of hydrogen-bond acceptors (Lipinski definition) is 8. The van der Waals surface area contributed by atoms with Gasteiger partial charge in [0.25, 0.3) is 6.43 Å². The number of fused-ring (bicyclic) bond motifs is 1. The molecule has 0 amide bonds. The quantitative estimate of drug-likeness (QED) is 0.337. The molecule has 4 aromatic rings. The van der Waals surface area contributed by atoms with Crippen molar-refractivity contribution >= 4 is 34.1 Å². The summed E-state index contributed by atoms with van der Waals surface area (Å²) in [5.41, 5.74) is 1.99. The van der Waals surface area contributed by atoms with E-state index < -0.39 is 18.5 Å². The highest BCUT2D eigenvalue weighted by Crippen LogP contribution is 2.40. The lowest BCUT2D eigenvalue weighted by Gasteiger charge is -2.25. The second-order valence-corrected chi connectivity index (χ2v) is 8.16. The van der Waals surface area contributed by atoms with Crippen LogP contribution in [-0.4, -0.2) is 38.4 Å². The van der Waals surface area contributed by atoms with E-state index in [4.69, 9.17) is 25.6 Å². The van der Waals surface area contributed by atoms with Crippen molar-refractivity contribution in [2.75, 3.05) is 19.0 Å². The molecule has 1 saturated heterocycles. The highest BCUT2D eigenvalue weighted by molar-refractivity contribution is 6.30. The number of benzene rings is 1. The summed E-state index contributed by atoms with van der Waals surface area (Å²) >= 11 is 6.31. The van der Waals surface area contributed by atoms with Crippen LogP contribution in [0.5, 0.6) is 5.75 Å². The van der Waals surface area contributed by atoms with Crippen molar-refractivity contribution in [3.8, 4) is 17.1 Å². The summed E-state index contributed by atoms with van der Waals surface area (Å²) in [5, 5.41) is 7.29. The van der Waals surface area contributed by atoms with Gasteiger partial charge in [-0.25, -0.2) is 18.7 Å². The Balaban J connectivity index is 1.63. The van der Waals surface area contributed by atoms with Gasteiger partial charge < -0.3 is 19.3 Å². The van der Waals surface area contributed by atoms with E-state index in [1.807, 2.05) is 0 Å². The molecule has 34 heavy (non-hydrogen) atoms. The molecule has 1 N–H and O–H groups in total. The monoisotopic (exact) mass is 490 g/mol. The zero-order valence-electron chi connectivity index (χ0n) is 18.4. The van der Waals surface area contributed by atoms with E-state index in [-0.39, 0.29) is 16.3 Å². The van der Waals surface area contributed by atoms with Crippen LogP contribution in [0.15, 0.2) is 28.8 Å². The van der Waals surface area contributed by atoms with Gasteiger partial charge in [0.2, 0.25) is 11.7 Å². The van der Waals surface area contributed by atoms with Gasteiger partial charge in [-0.15, -0.1) is 0 Å². The van der Waals surface area contributed by atoms with Crippen LogP contribution in [-0.2, 0) is 4.74 Å². The molecule has 1 aromatic carbocycles. The SMILES string of the molecule is COc1c(Nc2cc(Cl)nc3c2nc(C(F)F)n3C2CCCCO2)cccc1-c1noc(C)n1. The first-order chi connectivity index (χ1) is 16.5. The number of rotatable bonds is 6. The molecule has 9 nitrogen and oxygen atoms in total. The minimum absolute atomic E-state index is 0.122.